The summed E-state index contributed by atoms with van der Waals surface area (Å²) in [6.45, 7) is -0.476. The van der Waals surface area contributed by atoms with Gasteiger partial charge in [0.25, 0.3) is 5.91 Å². The minimum atomic E-state index is -1.81. The third-order valence-electron chi connectivity index (χ3n) is 8.82. The van der Waals surface area contributed by atoms with Gasteiger partial charge < -0.3 is 94.0 Å². The van der Waals surface area contributed by atoms with Gasteiger partial charge in [0, 0.05) is 37.6 Å². The first-order valence-corrected chi connectivity index (χ1v) is 14.8. The van der Waals surface area contributed by atoms with Crippen LogP contribution in [0.1, 0.15) is 19.3 Å². The summed E-state index contributed by atoms with van der Waals surface area (Å²) in [7, 11) is 0. The highest BCUT2D eigenvalue weighted by Gasteiger charge is 2.59. The van der Waals surface area contributed by atoms with Crippen molar-refractivity contribution in [3.8, 4) is 0 Å². The lowest BCUT2D eigenvalue weighted by molar-refractivity contribution is -0.316. The summed E-state index contributed by atoms with van der Waals surface area (Å²) in [6.07, 6.45) is -12.8. The molecule has 1 amide bonds. The first kappa shape index (κ1) is 35.6. The topological polar surface area (TPSA) is 350 Å². The van der Waals surface area contributed by atoms with Gasteiger partial charge in [-0.2, -0.15) is 0 Å². The maximum absolute atomic E-state index is 12.9. The van der Waals surface area contributed by atoms with Crippen LogP contribution in [0.2, 0.25) is 0 Å². The molecule has 19 heteroatoms. The Bertz CT molecular complexity index is 959. The van der Waals surface area contributed by atoms with Crippen molar-refractivity contribution in [2.45, 2.75) is 123 Å². The molecule has 3 unspecified atom stereocenters. The lowest BCUT2D eigenvalue weighted by atomic mass is 9.83. The Balaban J connectivity index is 1.50. The molecule has 19 N–H and O–H groups in total. The highest BCUT2D eigenvalue weighted by atomic mass is 16.7. The zero-order chi connectivity index (χ0) is 32.5. The van der Waals surface area contributed by atoms with E-state index in [2.05, 4.69) is 10.6 Å². The van der Waals surface area contributed by atoms with E-state index in [0.717, 1.165) is 0 Å². The van der Waals surface area contributed by atoms with Crippen molar-refractivity contribution in [2.24, 2.45) is 28.7 Å². The molecule has 0 spiro atoms. The number of hydrogen-bond acceptors (Lipinski definition) is 18. The van der Waals surface area contributed by atoms with Crippen molar-refractivity contribution in [3.63, 3.8) is 0 Å². The van der Waals surface area contributed by atoms with Gasteiger partial charge in [0.1, 0.15) is 36.6 Å². The van der Waals surface area contributed by atoms with E-state index in [4.69, 9.17) is 52.7 Å². The van der Waals surface area contributed by atoms with Gasteiger partial charge in [0.05, 0.1) is 43.5 Å². The van der Waals surface area contributed by atoms with Crippen LogP contribution in [0, 0.1) is 0 Å². The first-order chi connectivity index (χ1) is 20.7. The average molecular weight is 640 g/mol. The van der Waals surface area contributed by atoms with E-state index in [-0.39, 0.29) is 39.0 Å². The van der Waals surface area contributed by atoms with Crippen molar-refractivity contribution >= 4 is 5.91 Å². The Morgan fingerprint density at radius 2 is 1.55 bits per heavy atom. The highest BCUT2D eigenvalue weighted by Crippen LogP contribution is 2.36. The van der Waals surface area contributed by atoms with Crippen molar-refractivity contribution in [2.75, 3.05) is 26.3 Å². The van der Waals surface area contributed by atoms with Crippen LogP contribution in [-0.2, 0) is 23.7 Å². The largest absolute Gasteiger partial charge is 0.395 e. The molecule has 0 aromatic rings. The van der Waals surface area contributed by atoms with Crippen LogP contribution in [0.25, 0.3) is 0 Å². The molecule has 2 heterocycles. The number of aliphatic hydroxyl groups is 7. The molecule has 2 saturated heterocycles. The number of nitrogens with two attached hydrogens (primary N) is 5. The summed E-state index contributed by atoms with van der Waals surface area (Å²) in [6, 6.07) is -5.39. The number of carbonyl (C=O) groups excluding carboxylic acids is 1. The van der Waals surface area contributed by atoms with Gasteiger partial charge in [0.15, 0.2) is 18.2 Å². The second-order valence-electron chi connectivity index (χ2n) is 12.3. The molecule has 19 nitrogen and oxygen atoms in total. The van der Waals surface area contributed by atoms with Gasteiger partial charge in [0.2, 0.25) is 0 Å². The number of aliphatic hydroxyl groups excluding tert-OH is 6. The first-order valence-electron chi connectivity index (χ1n) is 14.8. The van der Waals surface area contributed by atoms with E-state index in [1.165, 1.54) is 0 Å². The second-order valence-corrected chi connectivity index (χ2v) is 12.3. The summed E-state index contributed by atoms with van der Waals surface area (Å²) in [4.78, 5) is 12.9. The maximum atomic E-state index is 12.9. The standard InChI is InChI=1S/C25H49N7O12/c26-8(6-33)4-31-5-13-12(35)2-10(28)22(41-13)43-20-9(27)1-11(32-24(39)25(40)3-15(25)29)21(19(20)38)44-23-18(37)16(30)17(36)14(7-34)42-23/h8-23,31,33-38,40H,1-7,26-30H2,(H,32,39)/t8?,9-,10+,11+,12-,13+,14+,15?,16-,17+,18+,19-,20+,21-,22+,23+,25?/m0/s1. The monoisotopic (exact) mass is 639 g/mol. The van der Waals surface area contributed by atoms with Gasteiger partial charge in [-0.05, 0) is 12.8 Å². The van der Waals surface area contributed by atoms with Crippen molar-refractivity contribution in [3.05, 3.63) is 0 Å². The predicted octanol–water partition coefficient (Wildman–Crippen LogP) is -8.73. The van der Waals surface area contributed by atoms with Gasteiger partial charge in [-0.25, -0.2) is 0 Å². The van der Waals surface area contributed by atoms with Crippen LogP contribution < -0.4 is 39.3 Å². The van der Waals surface area contributed by atoms with Crippen LogP contribution in [0.15, 0.2) is 0 Å². The lowest BCUT2D eigenvalue weighted by Crippen LogP contribution is -2.69. The zero-order valence-electron chi connectivity index (χ0n) is 24.2. The number of carbonyl (C=O) groups is 1. The Kier molecular flexibility index (Phi) is 11.9. The van der Waals surface area contributed by atoms with Gasteiger partial charge >= 0.3 is 0 Å². The molecular weight excluding hydrogens is 590 g/mol. The van der Waals surface area contributed by atoms with Crippen LogP contribution in [0.4, 0.5) is 0 Å². The van der Waals surface area contributed by atoms with Gasteiger partial charge in [-0.3, -0.25) is 4.79 Å². The minimum Gasteiger partial charge on any atom is -0.395 e. The van der Waals surface area contributed by atoms with Crippen molar-refractivity contribution in [1.82, 2.24) is 10.6 Å². The predicted molar refractivity (Wildman–Crippen MR) is 149 cm³/mol. The van der Waals surface area contributed by atoms with E-state index in [9.17, 15) is 35.4 Å². The second kappa shape index (κ2) is 14.7. The number of hydrogen-bond donors (Lipinski definition) is 14. The van der Waals surface area contributed by atoms with E-state index >= 15 is 0 Å². The molecule has 4 aliphatic rings. The molecule has 17 atom stereocenters. The van der Waals surface area contributed by atoms with Crippen LogP contribution >= 0.6 is 0 Å². The molecule has 0 aromatic carbocycles. The molecule has 4 fully saturated rings. The quantitative estimate of drug-likeness (QED) is 0.0942. The zero-order valence-corrected chi connectivity index (χ0v) is 24.2. The fraction of sp³-hybridized carbons (Fsp3) is 0.960. The Hall–Kier alpha value is -1.21. The molecule has 0 aromatic heterocycles. The third-order valence-corrected chi connectivity index (χ3v) is 8.82. The smallest absolute Gasteiger partial charge is 0.253 e. The Labute approximate surface area is 253 Å². The molecule has 4 rings (SSSR count). The normalized spacial score (nSPS) is 48.5. The Morgan fingerprint density at radius 3 is 2.16 bits per heavy atom. The number of rotatable bonds is 12. The fourth-order valence-electron chi connectivity index (χ4n) is 5.80. The van der Waals surface area contributed by atoms with E-state index in [0.29, 0.717) is 0 Å². The lowest BCUT2D eigenvalue weighted by Gasteiger charge is -2.48. The van der Waals surface area contributed by atoms with Crippen LogP contribution in [0.5, 0.6) is 0 Å². The van der Waals surface area contributed by atoms with Crippen molar-refractivity contribution in [1.29, 1.82) is 0 Å². The molecule has 2 saturated carbocycles. The SMILES string of the molecule is NC(CO)CNC[C@H]1O[C@H](O[C@H]2[C@H](O)[C@@H](O[C@H]3O[C@H](CO)[C@@H](O)[C@H](N)[C@H]3O)[C@H](NC(=O)C3(O)CC3N)C[C@@H]2N)[C@H](N)C[C@@H]1O. The van der Waals surface area contributed by atoms with Crippen LogP contribution in [0.3, 0.4) is 0 Å². The average Bonchev–Trinajstić information content (AvgIpc) is 3.61. The molecule has 256 valence electrons. The molecule has 0 radical (unpaired) electrons. The molecule has 44 heavy (non-hydrogen) atoms. The van der Waals surface area contributed by atoms with Crippen LogP contribution in [-0.4, -0.2) is 171 Å². The molecule has 0 bridgehead atoms. The van der Waals surface area contributed by atoms with E-state index in [1.54, 1.807) is 0 Å². The summed E-state index contributed by atoms with van der Waals surface area (Å²) in [5.41, 5.74) is 28.1. The third kappa shape index (κ3) is 7.66. The minimum absolute atomic E-state index is 0.0253. The summed E-state index contributed by atoms with van der Waals surface area (Å²) in [5.74, 6) is -0.810. The molecule has 2 aliphatic carbocycles. The van der Waals surface area contributed by atoms with E-state index in [1.807, 2.05) is 0 Å². The summed E-state index contributed by atoms with van der Waals surface area (Å²) >= 11 is 0. The summed E-state index contributed by atoms with van der Waals surface area (Å²) in [5, 5.41) is 77.8. The van der Waals surface area contributed by atoms with Gasteiger partial charge in [-0.1, -0.05) is 0 Å². The summed E-state index contributed by atoms with van der Waals surface area (Å²) < 4.78 is 23.5. The van der Waals surface area contributed by atoms with Gasteiger partial charge in [-0.15, -0.1) is 0 Å². The molecule has 2 aliphatic heterocycles. The highest BCUT2D eigenvalue weighted by molar-refractivity contribution is 5.89. The molecular formula is C25H49N7O12. The van der Waals surface area contributed by atoms with Crippen molar-refractivity contribution < 1.29 is 59.5 Å². The number of nitrogens with one attached hydrogen (secondary N) is 2. The number of amides is 1. The number of ether oxygens (including phenoxy) is 4. The van der Waals surface area contributed by atoms with E-state index < -0.39 is 116 Å². The maximum Gasteiger partial charge on any atom is 0.253 e. The fourth-order valence-corrected chi connectivity index (χ4v) is 5.80. The Morgan fingerprint density at radius 1 is 0.909 bits per heavy atom.